The lowest BCUT2D eigenvalue weighted by Crippen LogP contribution is -2.60. The number of aliphatic hydroxyl groups excluding tert-OH is 5. The van der Waals surface area contributed by atoms with Crippen LogP contribution in [-0.4, -0.2) is 87.5 Å². The van der Waals surface area contributed by atoms with Gasteiger partial charge in [0.15, 0.2) is 6.29 Å². The zero-order valence-electron chi connectivity index (χ0n) is 49.1. The van der Waals surface area contributed by atoms with Crippen LogP contribution in [0.4, 0.5) is 0 Å². The molecule has 0 radical (unpaired) electrons. The summed E-state index contributed by atoms with van der Waals surface area (Å²) in [5.41, 5.74) is 0. The third-order valence-electron chi connectivity index (χ3n) is 16.1. The van der Waals surface area contributed by atoms with Gasteiger partial charge in [-0.15, -0.1) is 0 Å². The van der Waals surface area contributed by atoms with Gasteiger partial charge < -0.3 is 40.3 Å². The first-order valence-electron chi connectivity index (χ1n) is 32.9. The molecule has 0 bridgehead atoms. The summed E-state index contributed by atoms with van der Waals surface area (Å²) >= 11 is 0. The van der Waals surface area contributed by atoms with E-state index in [2.05, 4.69) is 19.2 Å². The van der Waals surface area contributed by atoms with Crippen LogP contribution in [0.3, 0.4) is 0 Å². The Kier molecular flexibility index (Phi) is 53.0. The summed E-state index contributed by atoms with van der Waals surface area (Å²) in [5.74, 6) is -0.168. The van der Waals surface area contributed by atoms with E-state index in [4.69, 9.17) is 9.47 Å². The lowest BCUT2D eigenvalue weighted by Gasteiger charge is -2.40. The highest BCUT2D eigenvalue weighted by molar-refractivity contribution is 5.76. The number of aliphatic hydroxyl groups is 5. The standard InChI is InChI=1S/C65H127NO8/c1-3-5-7-9-11-13-15-17-19-21-23-25-26-27-28-29-30-31-32-33-35-36-38-40-42-44-46-48-50-52-54-59(68)58(57-73-65-64(72)63(71)62(70)60(56-67)74-65)66-61(69)55-53-51-49-47-45-43-41-39-37-34-24-22-20-18-16-14-12-10-8-6-4-2/h52,54,58-60,62-65,67-68,70-72H,3-51,53,55-57H2,1-2H3,(H,66,69)/b54-52+. The SMILES string of the molecule is CCCCCCCCCCCCCCCCCCCCCCCCCCCCCC/C=C/C(O)C(COC1OC(CO)C(O)C(O)C1O)NC(=O)CCCCCCCCCCCCCCCCCCCCCCC. The third kappa shape index (κ3) is 43.9. The zero-order valence-corrected chi connectivity index (χ0v) is 49.1. The highest BCUT2D eigenvalue weighted by atomic mass is 16.7. The van der Waals surface area contributed by atoms with Crippen molar-refractivity contribution < 1.29 is 39.8 Å². The molecule has 1 aliphatic rings. The van der Waals surface area contributed by atoms with Crippen LogP contribution in [0.1, 0.15) is 341 Å². The van der Waals surface area contributed by atoms with Crippen LogP contribution in [0.15, 0.2) is 12.2 Å². The van der Waals surface area contributed by atoms with Crippen molar-refractivity contribution in [2.45, 2.75) is 384 Å². The third-order valence-corrected chi connectivity index (χ3v) is 16.1. The van der Waals surface area contributed by atoms with Crippen LogP contribution in [0, 0.1) is 0 Å². The summed E-state index contributed by atoms with van der Waals surface area (Å²) in [4.78, 5) is 13.1. The highest BCUT2D eigenvalue weighted by Gasteiger charge is 2.44. The van der Waals surface area contributed by atoms with Crippen LogP contribution < -0.4 is 5.32 Å². The van der Waals surface area contributed by atoms with Gasteiger partial charge in [0.05, 0.1) is 25.4 Å². The number of unbranched alkanes of at least 4 members (excludes halogenated alkanes) is 48. The maximum atomic E-state index is 13.1. The number of hydrogen-bond acceptors (Lipinski definition) is 8. The van der Waals surface area contributed by atoms with Crippen LogP contribution in [0.25, 0.3) is 0 Å². The smallest absolute Gasteiger partial charge is 0.220 e. The van der Waals surface area contributed by atoms with Crippen molar-refractivity contribution in [3.63, 3.8) is 0 Å². The van der Waals surface area contributed by atoms with Crippen molar-refractivity contribution in [1.82, 2.24) is 5.32 Å². The molecule has 1 aliphatic heterocycles. The normalized spacial score (nSPS) is 18.9. The molecule has 1 heterocycles. The molecule has 1 rings (SSSR count). The molecule has 7 unspecified atom stereocenters. The van der Waals surface area contributed by atoms with E-state index in [9.17, 15) is 30.3 Å². The molecule has 9 nitrogen and oxygen atoms in total. The fourth-order valence-corrected chi connectivity index (χ4v) is 10.9. The number of allylic oxidation sites excluding steroid dienone is 1. The summed E-state index contributed by atoms with van der Waals surface area (Å²) in [7, 11) is 0. The van der Waals surface area contributed by atoms with Crippen LogP contribution in [-0.2, 0) is 14.3 Å². The molecule has 0 saturated carbocycles. The van der Waals surface area contributed by atoms with Gasteiger partial charge in [-0.3, -0.25) is 4.79 Å². The number of rotatable bonds is 58. The topological polar surface area (TPSA) is 149 Å². The van der Waals surface area contributed by atoms with Gasteiger partial charge in [-0.05, 0) is 19.3 Å². The molecule has 0 aromatic heterocycles. The van der Waals surface area contributed by atoms with Crippen LogP contribution >= 0.6 is 0 Å². The maximum Gasteiger partial charge on any atom is 0.220 e. The van der Waals surface area contributed by atoms with Gasteiger partial charge in [-0.25, -0.2) is 0 Å². The molecule has 0 aliphatic carbocycles. The second-order valence-corrected chi connectivity index (χ2v) is 23.3. The van der Waals surface area contributed by atoms with E-state index >= 15 is 0 Å². The molecule has 6 N–H and O–H groups in total. The van der Waals surface area contributed by atoms with Crippen molar-refractivity contribution in [3.05, 3.63) is 12.2 Å². The van der Waals surface area contributed by atoms with E-state index in [-0.39, 0.29) is 12.5 Å². The molecule has 1 fully saturated rings. The average Bonchev–Trinajstić information content (AvgIpc) is 3.40. The van der Waals surface area contributed by atoms with Crippen molar-refractivity contribution in [1.29, 1.82) is 0 Å². The summed E-state index contributed by atoms with van der Waals surface area (Å²) < 4.78 is 11.3. The van der Waals surface area contributed by atoms with Gasteiger partial charge in [0.25, 0.3) is 0 Å². The quantitative estimate of drug-likeness (QED) is 0.0261. The van der Waals surface area contributed by atoms with E-state index < -0.39 is 49.5 Å². The lowest BCUT2D eigenvalue weighted by atomic mass is 9.99. The van der Waals surface area contributed by atoms with Gasteiger partial charge in [-0.1, -0.05) is 328 Å². The van der Waals surface area contributed by atoms with Crippen LogP contribution in [0.2, 0.25) is 0 Å². The van der Waals surface area contributed by atoms with Gasteiger partial charge in [-0.2, -0.15) is 0 Å². The fraction of sp³-hybridized carbons (Fsp3) is 0.954. The first-order valence-corrected chi connectivity index (χ1v) is 32.9. The number of ether oxygens (including phenoxy) is 2. The summed E-state index contributed by atoms with van der Waals surface area (Å²) in [6.45, 7) is 3.84. The molecule has 7 atom stereocenters. The van der Waals surface area contributed by atoms with Crippen LogP contribution in [0.5, 0.6) is 0 Å². The van der Waals surface area contributed by atoms with Gasteiger partial charge in [0, 0.05) is 6.42 Å². The first kappa shape index (κ1) is 70.9. The Hall–Kier alpha value is -1.07. The number of carbonyl (C=O) groups is 1. The van der Waals surface area contributed by atoms with Gasteiger partial charge in [0.1, 0.15) is 24.4 Å². The number of carbonyl (C=O) groups excluding carboxylic acids is 1. The van der Waals surface area contributed by atoms with Gasteiger partial charge >= 0.3 is 0 Å². The van der Waals surface area contributed by atoms with Gasteiger partial charge in [0.2, 0.25) is 5.91 Å². The fourth-order valence-electron chi connectivity index (χ4n) is 10.9. The van der Waals surface area contributed by atoms with E-state index in [0.29, 0.717) is 6.42 Å². The minimum atomic E-state index is -1.56. The number of hydrogen-bond donors (Lipinski definition) is 6. The Morgan fingerprint density at radius 2 is 0.743 bits per heavy atom. The van der Waals surface area contributed by atoms with Crippen molar-refractivity contribution >= 4 is 5.91 Å². The molecular weight excluding hydrogens is 923 g/mol. The summed E-state index contributed by atoms with van der Waals surface area (Å²) in [5, 5.41) is 54.7. The average molecular weight is 1050 g/mol. The molecule has 0 aromatic carbocycles. The Balaban J connectivity index is 2.14. The summed E-state index contributed by atoms with van der Waals surface area (Å²) in [6.07, 6.45) is 63.1. The number of amides is 1. The molecular formula is C65H127NO8. The molecule has 1 amide bonds. The Morgan fingerprint density at radius 3 is 1.05 bits per heavy atom. The molecule has 0 spiro atoms. The zero-order chi connectivity index (χ0) is 53.6. The number of nitrogens with one attached hydrogen (secondary N) is 1. The van der Waals surface area contributed by atoms with Crippen molar-refractivity contribution in [2.75, 3.05) is 13.2 Å². The molecule has 74 heavy (non-hydrogen) atoms. The Bertz CT molecular complexity index is 1170. The second-order valence-electron chi connectivity index (χ2n) is 23.3. The monoisotopic (exact) mass is 1050 g/mol. The Morgan fingerprint density at radius 1 is 0.446 bits per heavy atom. The second kappa shape index (κ2) is 55.3. The highest BCUT2D eigenvalue weighted by Crippen LogP contribution is 2.23. The maximum absolute atomic E-state index is 13.1. The van der Waals surface area contributed by atoms with E-state index in [1.165, 1.54) is 283 Å². The van der Waals surface area contributed by atoms with E-state index in [1.54, 1.807) is 6.08 Å². The molecule has 0 aromatic rings. The summed E-state index contributed by atoms with van der Waals surface area (Å²) in [6, 6.07) is -0.801. The first-order chi connectivity index (χ1) is 36.3. The van der Waals surface area contributed by atoms with E-state index in [1.807, 2.05) is 6.08 Å². The van der Waals surface area contributed by atoms with E-state index in [0.717, 1.165) is 38.5 Å². The van der Waals surface area contributed by atoms with Crippen molar-refractivity contribution in [2.24, 2.45) is 0 Å². The minimum absolute atomic E-state index is 0.168. The minimum Gasteiger partial charge on any atom is -0.394 e. The molecule has 9 heteroatoms. The van der Waals surface area contributed by atoms with Crippen molar-refractivity contribution in [3.8, 4) is 0 Å². The predicted molar refractivity (Wildman–Crippen MR) is 314 cm³/mol. The lowest BCUT2D eigenvalue weighted by molar-refractivity contribution is -0.302. The predicted octanol–water partition coefficient (Wildman–Crippen LogP) is 17.1. The largest absolute Gasteiger partial charge is 0.394 e. The molecule has 440 valence electrons. The Labute approximate surface area is 458 Å². The molecule has 1 saturated heterocycles.